The lowest BCUT2D eigenvalue weighted by Crippen LogP contribution is -2.40. The normalized spacial score (nSPS) is 16.0. The molecule has 1 saturated heterocycles. The number of hydrogen-bond acceptors (Lipinski definition) is 7. The fourth-order valence-corrected chi connectivity index (χ4v) is 4.17. The summed E-state index contributed by atoms with van der Waals surface area (Å²) in [6.45, 7) is 2.81. The van der Waals surface area contributed by atoms with Crippen molar-refractivity contribution in [3.63, 3.8) is 0 Å². The Labute approximate surface area is 162 Å². The van der Waals surface area contributed by atoms with Crippen LogP contribution in [0.1, 0.15) is 12.5 Å². The molecule has 1 aliphatic heterocycles. The molecule has 0 atom stereocenters. The fourth-order valence-electron chi connectivity index (χ4n) is 2.74. The largest absolute Gasteiger partial charge is 0.379 e. The van der Waals surface area contributed by atoms with Crippen LogP contribution in [0.3, 0.4) is 0 Å². The van der Waals surface area contributed by atoms with Gasteiger partial charge < -0.3 is 4.74 Å². The Kier molecular flexibility index (Phi) is 6.02. The van der Waals surface area contributed by atoms with Gasteiger partial charge in [0.1, 0.15) is 5.69 Å². The van der Waals surface area contributed by atoms with Gasteiger partial charge in [0.05, 0.1) is 28.7 Å². The number of ether oxygens (including phenoxy) is 1. The van der Waals surface area contributed by atoms with E-state index in [1.807, 2.05) is 30.3 Å². The Morgan fingerprint density at radius 3 is 2.50 bits per heavy atom. The van der Waals surface area contributed by atoms with Crippen LogP contribution in [0.4, 0.5) is 11.4 Å². The molecule has 0 aliphatic carbocycles. The van der Waals surface area contributed by atoms with Crippen LogP contribution in [0.15, 0.2) is 58.5 Å². The minimum absolute atomic E-state index is 0.112. The number of benzene rings is 2. The lowest BCUT2D eigenvalue weighted by atomic mass is 10.1. The highest BCUT2D eigenvalue weighted by Gasteiger charge is 2.28. The number of rotatable bonds is 6. The molecule has 0 unspecified atom stereocenters. The van der Waals surface area contributed by atoms with Gasteiger partial charge in [0, 0.05) is 19.2 Å². The first-order chi connectivity index (χ1) is 13.4. The smallest absolute Gasteiger partial charge is 0.295 e. The number of hydrogen-bond donors (Lipinski definition) is 1. The molecule has 2 aromatic rings. The Morgan fingerprint density at radius 2 is 1.86 bits per heavy atom. The van der Waals surface area contributed by atoms with Crippen LogP contribution in [0.5, 0.6) is 0 Å². The van der Waals surface area contributed by atoms with Crippen molar-refractivity contribution in [2.45, 2.75) is 11.8 Å². The van der Waals surface area contributed by atoms with E-state index in [2.05, 4.69) is 10.5 Å². The van der Waals surface area contributed by atoms with E-state index in [9.17, 15) is 18.5 Å². The Bertz CT molecular complexity index is 986. The van der Waals surface area contributed by atoms with Crippen LogP contribution < -0.4 is 5.43 Å². The number of nitrogens with one attached hydrogen (secondary N) is 1. The predicted octanol–water partition coefficient (Wildman–Crippen LogP) is 2.45. The highest BCUT2D eigenvalue weighted by molar-refractivity contribution is 7.89. The summed E-state index contributed by atoms with van der Waals surface area (Å²) in [4.78, 5) is 10.7. The Balaban J connectivity index is 1.88. The topological polar surface area (TPSA) is 114 Å². The number of sulfonamides is 1. The summed E-state index contributed by atoms with van der Waals surface area (Å²) in [6.07, 6.45) is 0. The van der Waals surface area contributed by atoms with Crippen LogP contribution in [0.2, 0.25) is 0 Å². The maximum Gasteiger partial charge on any atom is 0.295 e. The van der Waals surface area contributed by atoms with Crippen molar-refractivity contribution in [1.29, 1.82) is 0 Å². The molecular weight excluding hydrogens is 384 g/mol. The van der Waals surface area contributed by atoms with Gasteiger partial charge in [0.25, 0.3) is 5.69 Å². The van der Waals surface area contributed by atoms with Gasteiger partial charge in [-0.3, -0.25) is 15.5 Å². The van der Waals surface area contributed by atoms with E-state index in [4.69, 9.17) is 4.74 Å². The van der Waals surface area contributed by atoms with Crippen LogP contribution in [-0.2, 0) is 14.8 Å². The fraction of sp³-hybridized carbons (Fsp3) is 0.278. The zero-order valence-corrected chi connectivity index (χ0v) is 16.1. The summed E-state index contributed by atoms with van der Waals surface area (Å²) in [6, 6.07) is 13.1. The zero-order chi connectivity index (χ0) is 20.1. The van der Waals surface area contributed by atoms with Crippen molar-refractivity contribution in [3.05, 3.63) is 64.2 Å². The minimum atomic E-state index is -3.82. The van der Waals surface area contributed by atoms with Crippen LogP contribution in [0.25, 0.3) is 0 Å². The molecule has 0 radical (unpaired) electrons. The number of anilines is 1. The molecule has 3 rings (SSSR count). The second kappa shape index (κ2) is 8.46. The summed E-state index contributed by atoms with van der Waals surface area (Å²) >= 11 is 0. The SMILES string of the molecule is C/C(=N/Nc1ccc(S(=O)(=O)N2CCOCC2)cc1[N+](=O)[O-])c1ccccc1. The molecule has 0 spiro atoms. The van der Waals surface area contributed by atoms with Crippen LogP contribution >= 0.6 is 0 Å². The molecule has 1 N–H and O–H groups in total. The number of nitrogens with zero attached hydrogens (tertiary/aromatic N) is 3. The van der Waals surface area contributed by atoms with E-state index in [1.54, 1.807) is 6.92 Å². The highest BCUT2D eigenvalue weighted by atomic mass is 32.2. The molecule has 0 aromatic heterocycles. The van der Waals surface area contributed by atoms with Crippen molar-refractivity contribution in [1.82, 2.24) is 4.31 Å². The zero-order valence-electron chi connectivity index (χ0n) is 15.2. The van der Waals surface area contributed by atoms with Gasteiger partial charge in [0.2, 0.25) is 10.0 Å². The first kappa shape index (κ1) is 19.9. The van der Waals surface area contributed by atoms with E-state index in [0.717, 1.165) is 11.6 Å². The number of nitro benzene ring substituents is 1. The second-order valence-electron chi connectivity index (χ2n) is 6.13. The van der Waals surface area contributed by atoms with Gasteiger partial charge in [-0.25, -0.2) is 8.42 Å². The van der Waals surface area contributed by atoms with E-state index >= 15 is 0 Å². The van der Waals surface area contributed by atoms with E-state index in [-0.39, 0.29) is 29.4 Å². The van der Waals surface area contributed by atoms with Crippen LogP contribution in [-0.4, -0.2) is 49.7 Å². The number of hydrazone groups is 1. The number of nitro groups is 1. The summed E-state index contributed by atoms with van der Waals surface area (Å²) < 4.78 is 31.9. The molecule has 0 amide bonds. The van der Waals surface area contributed by atoms with Crippen LogP contribution in [0, 0.1) is 10.1 Å². The van der Waals surface area contributed by atoms with Gasteiger partial charge in [-0.2, -0.15) is 9.41 Å². The first-order valence-electron chi connectivity index (χ1n) is 8.61. The van der Waals surface area contributed by atoms with Crippen molar-refractivity contribution < 1.29 is 18.1 Å². The molecule has 28 heavy (non-hydrogen) atoms. The molecule has 9 nitrogen and oxygen atoms in total. The quantitative estimate of drug-likeness (QED) is 0.449. The summed E-state index contributed by atoms with van der Waals surface area (Å²) in [5.41, 5.74) is 3.92. The van der Waals surface area contributed by atoms with Gasteiger partial charge in [-0.05, 0) is 24.6 Å². The Morgan fingerprint density at radius 1 is 1.18 bits per heavy atom. The van der Waals surface area contributed by atoms with Gasteiger partial charge in [-0.1, -0.05) is 30.3 Å². The lowest BCUT2D eigenvalue weighted by Gasteiger charge is -2.26. The number of morpholine rings is 1. The standard InChI is InChI=1S/C18H20N4O5S/c1-14(15-5-3-2-4-6-15)19-20-17-8-7-16(13-18(17)22(23)24)28(25,26)21-9-11-27-12-10-21/h2-8,13,20H,9-12H2,1H3/b19-14-. The van der Waals surface area contributed by atoms with E-state index in [0.29, 0.717) is 18.9 Å². The molecule has 1 aliphatic rings. The van der Waals surface area contributed by atoms with Crippen molar-refractivity contribution in [3.8, 4) is 0 Å². The second-order valence-corrected chi connectivity index (χ2v) is 8.07. The molecule has 10 heteroatoms. The average Bonchev–Trinajstić information content (AvgIpc) is 2.73. The van der Waals surface area contributed by atoms with Crippen molar-refractivity contribution in [2.75, 3.05) is 31.7 Å². The summed E-state index contributed by atoms with van der Waals surface area (Å²) in [5.74, 6) is 0. The van der Waals surface area contributed by atoms with Gasteiger partial charge in [0.15, 0.2) is 0 Å². The monoisotopic (exact) mass is 404 g/mol. The average molecular weight is 404 g/mol. The third kappa shape index (κ3) is 4.35. The molecular formula is C18H20N4O5S. The summed E-state index contributed by atoms with van der Waals surface area (Å²) in [7, 11) is -3.82. The molecule has 0 bridgehead atoms. The van der Waals surface area contributed by atoms with Crippen molar-refractivity contribution in [2.24, 2.45) is 5.10 Å². The van der Waals surface area contributed by atoms with Gasteiger partial charge >= 0.3 is 0 Å². The molecule has 1 heterocycles. The van der Waals surface area contributed by atoms with E-state index < -0.39 is 14.9 Å². The predicted molar refractivity (Wildman–Crippen MR) is 105 cm³/mol. The summed E-state index contributed by atoms with van der Waals surface area (Å²) in [5, 5.41) is 15.7. The molecule has 148 valence electrons. The molecule has 1 fully saturated rings. The third-order valence-electron chi connectivity index (χ3n) is 4.31. The Hall–Kier alpha value is -2.82. The maximum absolute atomic E-state index is 12.7. The lowest BCUT2D eigenvalue weighted by molar-refractivity contribution is -0.384. The van der Waals surface area contributed by atoms with E-state index in [1.165, 1.54) is 16.4 Å². The molecule has 2 aromatic carbocycles. The highest BCUT2D eigenvalue weighted by Crippen LogP contribution is 2.29. The first-order valence-corrected chi connectivity index (χ1v) is 10.1. The minimum Gasteiger partial charge on any atom is -0.379 e. The van der Waals surface area contributed by atoms with Gasteiger partial charge in [-0.15, -0.1) is 0 Å². The third-order valence-corrected chi connectivity index (χ3v) is 6.20. The maximum atomic E-state index is 12.7. The van der Waals surface area contributed by atoms with Crippen molar-refractivity contribution >= 4 is 27.1 Å². The molecule has 0 saturated carbocycles.